The lowest BCUT2D eigenvalue weighted by atomic mass is 9.73. The molecule has 5 nitrogen and oxygen atoms in total. The maximum absolute atomic E-state index is 13.5. The predicted molar refractivity (Wildman–Crippen MR) is 123 cm³/mol. The van der Waals surface area contributed by atoms with Gasteiger partial charge in [0, 0.05) is 37.9 Å². The second kappa shape index (κ2) is 8.96. The van der Waals surface area contributed by atoms with Crippen molar-refractivity contribution in [2.24, 2.45) is 21.8 Å². The zero-order chi connectivity index (χ0) is 22.2. The molecule has 0 amide bonds. The second-order valence-corrected chi connectivity index (χ2v) is 10.2. The summed E-state index contributed by atoms with van der Waals surface area (Å²) in [6.07, 6.45) is 4.94. The molecule has 3 atom stereocenters. The van der Waals surface area contributed by atoms with Crippen LogP contribution in [0.3, 0.4) is 0 Å². The summed E-state index contributed by atoms with van der Waals surface area (Å²) >= 11 is 1.61. The average molecular weight is 449 g/mol. The van der Waals surface area contributed by atoms with Crippen molar-refractivity contribution in [2.75, 3.05) is 6.54 Å². The summed E-state index contributed by atoms with van der Waals surface area (Å²) in [5.74, 6) is -1.28. The summed E-state index contributed by atoms with van der Waals surface area (Å²) in [5, 5.41) is 1.00. The molecular weight excluding hydrogens is 418 g/mol. The number of thioether (sulfide) groups is 1. The van der Waals surface area contributed by atoms with Gasteiger partial charge in [-0.2, -0.15) is 0 Å². The average Bonchev–Trinajstić information content (AvgIpc) is 2.66. The van der Waals surface area contributed by atoms with E-state index in [1.807, 2.05) is 13.8 Å². The minimum atomic E-state index is -2.55. The maximum atomic E-state index is 13.5. The molecule has 31 heavy (non-hydrogen) atoms. The Morgan fingerprint density at radius 1 is 1.32 bits per heavy atom. The number of H-pyrrole nitrogens is 1. The van der Waals surface area contributed by atoms with Gasteiger partial charge in [0.05, 0.1) is 22.3 Å². The number of fused-ring (bicyclic) bond motifs is 1. The van der Waals surface area contributed by atoms with Gasteiger partial charge in [0.15, 0.2) is 0 Å². The van der Waals surface area contributed by atoms with E-state index in [0.717, 1.165) is 40.9 Å². The van der Waals surface area contributed by atoms with Crippen molar-refractivity contribution in [3.8, 4) is 0 Å². The van der Waals surface area contributed by atoms with Gasteiger partial charge in [0.2, 0.25) is 5.92 Å². The number of aliphatic imine (C=N–C) groups is 2. The second-order valence-electron chi connectivity index (χ2n) is 8.91. The van der Waals surface area contributed by atoms with Crippen LogP contribution < -0.4 is 5.56 Å². The number of alkyl halides is 2. The van der Waals surface area contributed by atoms with Crippen molar-refractivity contribution in [1.29, 1.82) is 0 Å². The van der Waals surface area contributed by atoms with E-state index in [0.29, 0.717) is 24.8 Å². The zero-order valence-electron chi connectivity index (χ0n) is 18.2. The first-order valence-electron chi connectivity index (χ1n) is 11.2. The Hall–Kier alpha value is -1.83. The van der Waals surface area contributed by atoms with Crippen LogP contribution in [0.4, 0.5) is 8.78 Å². The van der Waals surface area contributed by atoms with Gasteiger partial charge in [-0.05, 0) is 56.3 Å². The topological polar surface area (TPSA) is 70.5 Å². The molecular formula is C23H30F2N4OS. The van der Waals surface area contributed by atoms with E-state index in [9.17, 15) is 13.6 Å². The van der Waals surface area contributed by atoms with Crippen molar-refractivity contribution in [2.45, 2.75) is 76.7 Å². The molecule has 8 heteroatoms. The third-order valence-electron chi connectivity index (χ3n) is 6.85. The van der Waals surface area contributed by atoms with Crippen LogP contribution in [0.2, 0.25) is 0 Å². The summed E-state index contributed by atoms with van der Waals surface area (Å²) in [7, 11) is 0. The van der Waals surface area contributed by atoms with Crippen LogP contribution in [-0.2, 0) is 6.42 Å². The number of nitrogens with zero attached hydrogens (tertiary/aromatic N) is 3. The zero-order valence-corrected chi connectivity index (χ0v) is 19.0. The largest absolute Gasteiger partial charge is 0.310 e. The van der Waals surface area contributed by atoms with Crippen molar-refractivity contribution < 1.29 is 8.78 Å². The number of hydrogen-bond donors (Lipinski definition) is 1. The Morgan fingerprint density at radius 2 is 2.06 bits per heavy atom. The molecule has 0 radical (unpaired) electrons. The van der Waals surface area contributed by atoms with E-state index >= 15 is 0 Å². The third-order valence-corrected chi connectivity index (χ3v) is 7.84. The van der Waals surface area contributed by atoms with E-state index < -0.39 is 5.92 Å². The smallest absolute Gasteiger partial charge is 0.259 e. The van der Waals surface area contributed by atoms with Gasteiger partial charge in [-0.15, -0.1) is 0 Å². The lowest BCUT2D eigenvalue weighted by molar-refractivity contribution is -0.0481. The first kappa shape index (κ1) is 22.4. The highest BCUT2D eigenvalue weighted by molar-refractivity contribution is 8.17. The van der Waals surface area contributed by atoms with Crippen LogP contribution in [0.15, 0.2) is 26.3 Å². The van der Waals surface area contributed by atoms with E-state index in [2.05, 4.69) is 21.5 Å². The Kier molecular flexibility index (Phi) is 6.47. The first-order chi connectivity index (χ1) is 14.8. The number of aromatic nitrogens is 2. The molecule has 0 spiro atoms. The Labute approximate surface area is 186 Å². The van der Waals surface area contributed by atoms with E-state index in [1.54, 1.807) is 18.0 Å². The molecule has 1 N–H and O–H groups in total. The van der Waals surface area contributed by atoms with E-state index in [1.165, 1.54) is 0 Å². The summed E-state index contributed by atoms with van der Waals surface area (Å²) in [6, 6.07) is -0.0682. The number of halogens is 2. The molecule has 1 aromatic rings. The van der Waals surface area contributed by atoms with E-state index in [4.69, 9.17) is 4.98 Å². The van der Waals surface area contributed by atoms with Gasteiger partial charge >= 0.3 is 0 Å². The fourth-order valence-electron chi connectivity index (χ4n) is 4.90. The van der Waals surface area contributed by atoms with Crippen LogP contribution in [0.1, 0.15) is 75.4 Å². The van der Waals surface area contributed by atoms with Crippen LogP contribution in [0.5, 0.6) is 0 Å². The normalized spacial score (nSPS) is 28.1. The summed E-state index contributed by atoms with van der Waals surface area (Å²) in [4.78, 5) is 30.5. The highest BCUT2D eigenvalue weighted by Gasteiger charge is 2.40. The lowest BCUT2D eigenvalue weighted by Gasteiger charge is -2.37. The van der Waals surface area contributed by atoms with Crippen LogP contribution in [-0.4, -0.2) is 39.7 Å². The van der Waals surface area contributed by atoms with E-state index in [-0.39, 0.29) is 42.2 Å². The van der Waals surface area contributed by atoms with Crippen LogP contribution in [0.25, 0.3) is 0 Å². The number of hydrogen-bond acceptors (Lipinski definition) is 5. The van der Waals surface area contributed by atoms with Gasteiger partial charge in [0.25, 0.3) is 5.56 Å². The van der Waals surface area contributed by atoms with Gasteiger partial charge in [-0.1, -0.05) is 18.3 Å². The molecule has 2 aliphatic carbocycles. The molecule has 3 aliphatic rings. The molecule has 2 fully saturated rings. The fraction of sp³-hybridized carbons (Fsp3) is 0.652. The summed E-state index contributed by atoms with van der Waals surface area (Å²) in [6.45, 7) is 9.00. The number of allylic oxidation sites excluding steroid dienone is 1. The van der Waals surface area contributed by atoms with Gasteiger partial charge < -0.3 is 4.98 Å². The fourth-order valence-corrected chi connectivity index (χ4v) is 5.91. The Bertz CT molecular complexity index is 961. The molecule has 2 heterocycles. The number of aromatic amines is 1. The molecule has 1 aliphatic heterocycles. The SMILES string of the molecule is C=C(SC(C)=NCC)C1CCC1c1nc2c(c(=O)[nH]1)C=NC(C1CCC(F)(F)CC1)C2. The Balaban J connectivity index is 1.49. The molecule has 3 unspecified atom stereocenters. The highest BCUT2D eigenvalue weighted by Crippen LogP contribution is 2.48. The maximum Gasteiger partial charge on any atom is 0.259 e. The number of rotatable bonds is 5. The standard InChI is InChI=1S/C23H30F2N4OS/c1-4-26-14(3)31-13(2)16-5-6-17(16)21-28-20-11-19(27-12-18(20)22(30)29-21)15-7-9-23(24,25)10-8-15/h12,15-17,19H,2,4-11H2,1,3H3,(H,28,29,30). The number of nitrogens with one attached hydrogen (secondary N) is 1. The molecule has 1 aromatic heterocycles. The molecule has 0 saturated heterocycles. The molecule has 168 valence electrons. The summed E-state index contributed by atoms with van der Waals surface area (Å²) < 4.78 is 27.1. The molecule has 2 saturated carbocycles. The molecule has 0 aromatic carbocycles. The van der Waals surface area contributed by atoms with Crippen molar-refractivity contribution in [3.63, 3.8) is 0 Å². The minimum absolute atomic E-state index is 0.0682. The molecule has 4 rings (SSSR count). The summed E-state index contributed by atoms with van der Waals surface area (Å²) in [5.41, 5.74) is 1.10. The predicted octanol–water partition coefficient (Wildman–Crippen LogP) is 5.12. The first-order valence-corrected chi connectivity index (χ1v) is 12.0. The van der Waals surface area contributed by atoms with Crippen molar-refractivity contribution >= 4 is 23.0 Å². The Morgan fingerprint density at radius 3 is 2.71 bits per heavy atom. The van der Waals surface area contributed by atoms with Gasteiger partial charge in [-0.3, -0.25) is 14.8 Å². The monoisotopic (exact) mass is 448 g/mol. The van der Waals surface area contributed by atoms with Crippen molar-refractivity contribution in [1.82, 2.24) is 9.97 Å². The minimum Gasteiger partial charge on any atom is -0.310 e. The van der Waals surface area contributed by atoms with Gasteiger partial charge in [-0.25, -0.2) is 13.8 Å². The van der Waals surface area contributed by atoms with Crippen LogP contribution in [0, 0.1) is 11.8 Å². The molecule has 0 bridgehead atoms. The van der Waals surface area contributed by atoms with Crippen LogP contribution >= 0.6 is 11.8 Å². The highest BCUT2D eigenvalue weighted by atomic mass is 32.2. The van der Waals surface area contributed by atoms with Crippen molar-refractivity contribution in [3.05, 3.63) is 38.9 Å². The lowest BCUT2D eigenvalue weighted by Crippen LogP contribution is -2.36. The third kappa shape index (κ3) is 4.83. The van der Waals surface area contributed by atoms with Gasteiger partial charge in [0.1, 0.15) is 5.82 Å². The quantitative estimate of drug-likeness (QED) is 0.502.